The fourth-order valence-corrected chi connectivity index (χ4v) is 3.85. The molecule has 2 aliphatic heterocycles. The van der Waals surface area contributed by atoms with E-state index in [4.69, 9.17) is 0 Å². The van der Waals surface area contributed by atoms with Gasteiger partial charge < -0.3 is 10.2 Å². The Morgan fingerprint density at radius 3 is 2.62 bits per heavy atom. The lowest BCUT2D eigenvalue weighted by Crippen LogP contribution is -2.47. The van der Waals surface area contributed by atoms with Gasteiger partial charge in [-0.2, -0.15) is 5.10 Å². The Morgan fingerprint density at radius 2 is 2.00 bits per heavy atom. The summed E-state index contributed by atoms with van der Waals surface area (Å²) in [4.78, 5) is 18.2. The van der Waals surface area contributed by atoms with Crippen LogP contribution in [0.1, 0.15) is 25.7 Å². The minimum atomic E-state index is 0. The average molecular weight is 332 g/mol. The zero-order valence-electron chi connectivity index (χ0n) is 12.0. The van der Waals surface area contributed by atoms with Crippen molar-refractivity contribution in [2.45, 2.75) is 30.8 Å². The number of aromatic nitrogens is 3. The third-order valence-corrected chi connectivity index (χ3v) is 5.43. The molecule has 0 aromatic carbocycles. The second-order valence-electron chi connectivity index (χ2n) is 5.71. The average Bonchev–Trinajstić information content (AvgIpc) is 3.00. The summed E-state index contributed by atoms with van der Waals surface area (Å²) in [5, 5.41) is 10.7. The van der Waals surface area contributed by atoms with Crippen molar-refractivity contribution in [2.75, 3.05) is 31.9 Å². The highest BCUT2D eigenvalue weighted by Gasteiger charge is 2.36. The summed E-state index contributed by atoms with van der Waals surface area (Å²) in [5.41, 5.74) is 0.500. The van der Waals surface area contributed by atoms with Gasteiger partial charge >= 0.3 is 0 Å². The summed E-state index contributed by atoms with van der Waals surface area (Å²) >= 11 is 1.43. The highest BCUT2D eigenvalue weighted by Crippen LogP contribution is 2.39. The standard InChI is InChI=1S/C13H21N5OS.ClH/c19-11(9-20-12-15-10-16-17-12)18-7-3-13(4-8-18)1-5-14-6-2-13;/h10,14H,1-9H2,(H,15,16,17);1H. The monoisotopic (exact) mass is 331 g/mol. The number of H-pyrrole nitrogens is 1. The molecule has 1 amide bonds. The Hall–Kier alpha value is -0.790. The van der Waals surface area contributed by atoms with E-state index in [1.54, 1.807) is 0 Å². The van der Waals surface area contributed by atoms with Gasteiger partial charge in [-0.15, -0.1) is 12.4 Å². The van der Waals surface area contributed by atoms with E-state index < -0.39 is 0 Å². The first-order chi connectivity index (χ1) is 9.77. The van der Waals surface area contributed by atoms with E-state index in [0.717, 1.165) is 39.0 Å². The molecule has 1 aromatic heterocycles. The lowest BCUT2D eigenvalue weighted by molar-refractivity contribution is -0.130. The Morgan fingerprint density at radius 1 is 1.29 bits per heavy atom. The quantitative estimate of drug-likeness (QED) is 0.817. The van der Waals surface area contributed by atoms with Crippen molar-refractivity contribution in [3.05, 3.63) is 6.33 Å². The zero-order valence-corrected chi connectivity index (χ0v) is 13.6. The summed E-state index contributed by atoms with van der Waals surface area (Å²) in [7, 11) is 0. The van der Waals surface area contributed by atoms with Crippen molar-refractivity contribution >= 4 is 30.1 Å². The van der Waals surface area contributed by atoms with Crippen LogP contribution in [0.2, 0.25) is 0 Å². The van der Waals surface area contributed by atoms with E-state index in [1.165, 1.54) is 30.9 Å². The van der Waals surface area contributed by atoms with Gasteiger partial charge in [0.2, 0.25) is 5.91 Å². The van der Waals surface area contributed by atoms with Gasteiger partial charge in [-0.1, -0.05) is 11.8 Å². The molecule has 3 heterocycles. The zero-order chi connectivity index (χ0) is 13.8. The van der Waals surface area contributed by atoms with Gasteiger partial charge in [0, 0.05) is 13.1 Å². The van der Waals surface area contributed by atoms with E-state index in [2.05, 4.69) is 20.5 Å². The molecule has 8 heteroatoms. The van der Waals surface area contributed by atoms with Gasteiger partial charge in [-0.05, 0) is 44.2 Å². The van der Waals surface area contributed by atoms with Gasteiger partial charge in [0.25, 0.3) is 0 Å². The Bertz CT molecular complexity index is 439. The minimum absolute atomic E-state index is 0. The summed E-state index contributed by atoms with van der Waals surface area (Å²) in [6, 6.07) is 0. The molecule has 0 unspecified atom stereocenters. The number of rotatable bonds is 3. The normalized spacial score (nSPS) is 21.0. The first kappa shape index (κ1) is 16.6. The van der Waals surface area contributed by atoms with Crippen LogP contribution in [-0.4, -0.2) is 57.9 Å². The molecule has 0 aliphatic carbocycles. The lowest BCUT2D eigenvalue weighted by Gasteiger charge is -2.44. The Labute approximate surface area is 135 Å². The molecule has 118 valence electrons. The Kier molecular flexibility index (Phi) is 5.89. The first-order valence-corrected chi connectivity index (χ1v) is 8.23. The molecule has 2 fully saturated rings. The van der Waals surface area contributed by atoms with Crippen LogP contribution in [0.3, 0.4) is 0 Å². The molecule has 2 N–H and O–H groups in total. The maximum Gasteiger partial charge on any atom is 0.233 e. The van der Waals surface area contributed by atoms with Crippen LogP contribution < -0.4 is 5.32 Å². The van der Waals surface area contributed by atoms with Crippen LogP contribution >= 0.6 is 24.2 Å². The predicted octanol–water partition coefficient (Wildman–Crippen LogP) is 1.31. The number of piperidine rings is 2. The largest absolute Gasteiger partial charge is 0.342 e. The van der Waals surface area contributed by atoms with Gasteiger partial charge in [0.1, 0.15) is 6.33 Å². The number of aromatic amines is 1. The highest BCUT2D eigenvalue weighted by molar-refractivity contribution is 7.99. The minimum Gasteiger partial charge on any atom is -0.342 e. The molecule has 21 heavy (non-hydrogen) atoms. The van der Waals surface area contributed by atoms with Crippen molar-refractivity contribution in [3.63, 3.8) is 0 Å². The molecule has 0 radical (unpaired) electrons. The molecular weight excluding hydrogens is 310 g/mol. The van der Waals surface area contributed by atoms with Crippen LogP contribution in [0.25, 0.3) is 0 Å². The fraction of sp³-hybridized carbons (Fsp3) is 0.769. The van der Waals surface area contributed by atoms with Crippen molar-refractivity contribution in [1.29, 1.82) is 0 Å². The summed E-state index contributed by atoms with van der Waals surface area (Å²) in [6.45, 7) is 4.09. The molecular formula is C13H22ClN5OS. The number of thioether (sulfide) groups is 1. The molecule has 3 rings (SSSR count). The topological polar surface area (TPSA) is 73.9 Å². The van der Waals surface area contributed by atoms with E-state index in [1.807, 2.05) is 4.90 Å². The maximum atomic E-state index is 12.2. The van der Waals surface area contributed by atoms with Crippen LogP contribution in [-0.2, 0) is 4.79 Å². The van der Waals surface area contributed by atoms with Gasteiger partial charge in [-0.25, -0.2) is 4.98 Å². The molecule has 2 aliphatic rings. The number of carbonyl (C=O) groups excluding carboxylic acids is 1. The van der Waals surface area contributed by atoms with E-state index in [0.29, 0.717) is 16.3 Å². The van der Waals surface area contributed by atoms with Crippen molar-refractivity contribution in [3.8, 4) is 0 Å². The first-order valence-electron chi connectivity index (χ1n) is 7.24. The van der Waals surface area contributed by atoms with Gasteiger partial charge in [0.15, 0.2) is 5.16 Å². The summed E-state index contributed by atoms with van der Waals surface area (Å²) in [5.74, 6) is 0.666. The molecule has 1 aromatic rings. The van der Waals surface area contributed by atoms with E-state index in [-0.39, 0.29) is 18.3 Å². The smallest absolute Gasteiger partial charge is 0.233 e. The maximum absolute atomic E-state index is 12.2. The van der Waals surface area contributed by atoms with Crippen LogP contribution in [0, 0.1) is 5.41 Å². The molecule has 2 saturated heterocycles. The highest BCUT2D eigenvalue weighted by atomic mass is 35.5. The number of nitrogens with zero attached hydrogens (tertiary/aromatic N) is 3. The lowest BCUT2D eigenvalue weighted by atomic mass is 9.71. The van der Waals surface area contributed by atoms with Crippen molar-refractivity contribution in [2.24, 2.45) is 5.41 Å². The summed E-state index contributed by atoms with van der Waals surface area (Å²) in [6.07, 6.45) is 6.32. The number of amides is 1. The Balaban J connectivity index is 0.00000161. The van der Waals surface area contributed by atoms with Gasteiger partial charge in [-0.3, -0.25) is 9.89 Å². The number of hydrogen-bond acceptors (Lipinski definition) is 5. The predicted molar refractivity (Wildman–Crippen MR) is 84.7 cm³/mol. The second kappa shape index (κ2) is 7.47. The number of halogens is 1. The molecule has 0 saturated carbocycles. The van der Waals surface area contributed by atoms with Gasteiger partial charge in [0.05, 0.1) is 5.75 Å². The molecule has 1 spiro atoms. The van der Waals surface area contributed by atoms with Crippen LogP contribution in [0.5, 0.6) is 0 Å². The third-order valence-electron chi connectivity index (χ3n) is 4.57. The van der Waals surface area contributed by atoms with Crippen LogP contribution in [0.15, 0.2) is 11.5 Å². The SMILES string of the molecule is Cl.O=C(CSc1ncn[nH]1)N1CCC2(CCNCC2)CC1. The number of carbonyl (C=O) groups is 1. The second-order valence-corrected chi connectivity index (χ2v) is 6.67. The third kappa shape index (κ3) is 4.11. The van der Waals surface area contributed by atoms with E-state index >= 15 is 0 Å². The van der Waals surface area contributed by atoms with Crippen molar-refractivity contribution < 1.29 is 4.79 Å². The molecule has 0 bridgehead atoms. The number of nitrogens with one attached hydrogen (secondary N) is 2. The fourth-order valence-electron chi connectivity index (χ4n) is 3.17. The molecule has 0 atom stereocenters. The number of likely N-dealkylation sites (tertiary alicyclic amines) is 1. The molecule has 6 nitrogen and oxygen atoms in total. The van der Waals surface area contributed by atoms with E-state index in [9.17, 15) is 4.79 Å². The summed E-state index contributed by atoms with van der Waals surface area (Å²) < 4.78 is 0. The van der Waals surface area contributed by atoms with Crippen LogP contribution in [0.4, 0.5) is 0 Å². The van der Waals surface area contributed by atoms with Crippen molar-refractivity contribution in [1.82, 2.24) is 25.4 Å². The number of hydrogen-bond donors (Lipinski definition) is 2.